The first-order valence-electron chi connectivity index (χ1n) is 5.45. The Morgan fingerprint density at radius 3 is 2.63 bits per heavy atom. The predicted molar refractivity (Wildman–Crippen MR) is 68.7 cm³/mol. The molecule has 1 aliphatic rings. The highest BCUT2D eigenvalue weighted by Gasteiger charge is 2.17. The molecule has 2 heterocycles. The summed E-state index contributed by atoms with van der Waals surface area (Å²) in [6.07, 6.45) is 2.95. The topological polar surface area (TPSA) is 81.6 Å². The Bertz CT molecular complexity index is 538. The van der Waals surface area contributed by atoms with E-state index in [1.807, 2.05) is 0 Å². The summed E-state index contributed by atoms with van der Waals surface area (Å²) in [5.74, 6) is -0.972. The fourth-order valence-electron chi connectivity index (χ4n) is 1.48. The van der Waals surface area contributed by atoms with E-state index in [4.69, 9.17) is 9.47 Å². The second-order valence-electron chi connectivity index (χ2n) is 3.76. The van der Waals surface area contributed by atoms with Gasteiger partial charge in [-0.05, 0) is 22.0 Å². The van der Waals surface area contributed by atoms with Crippen LogP contribution in [0, 0.1) is 0 Å². The van der Waals surface area contributed by atoms with Crippen molar-refractivity contribution in [2.24, 2.45) is 7.05 Å². The highest BCUT2D eigenvalue weighted by molar-refractivity contribution is 9.10. The monoisotopic (exact) mass is 329 g/mol. The van der Waals surface area contributed by atoms with Crippen LogP contribution in [0.3, 0.4) is 0 Å². The van der Waals surface area contributed by atoms with Gasteiger partial charge in [0.15, 0.2) is 0 Å². The molecule has 0 atom stereocenters. The second-order valence-corrected chi connectivity index (χ2v) is 4.68. The van der Waals surface area contributed by atoms with Crippen LogP contribution in [0.2, 0.25) is 0 Å². The number of halogens is 1. The zero-order valence-corrected chi connectivity index (χ0v) is 11.7. The van der Waals surface area contributed by atoms with Crippen LogP contribution in [0.1, 0.15) is 10.5 Å². The van der Waals surface area contributed by atoms with Crippen LogP contribution < -0.4 is 10.9 Å². The Kier molecular flexibility index (Phi) is 4.10. The number of rotatable bonds is 2. The summed E-state index contributed by atoms with van der Waals surface area (Å²) in [6.45, 7) is 0.707. The number of carbonyl (C=O) groups excluding carboxylic acids is 2. The molecule has 0 aromatic carbocycles. The summed E-state index contributed by atoms with van der Waals surface area (Å²) in [6, 6.07) is 1.64. The molecular weight excluding hydrogens is 318 g/mol. The molecule has 0 unspecified atom stereocenters. The van der Waals surface area contributed by atoms with Crippen LogP contribution in [0.25, 0.3) is 0 Å². The average Bonchev–Trinajstić information content (AvgIpc) is 2.75. The summed E-state index contributed by atoms with van der Waals surface area (Å²) < 4.78 is 12.4. The lowest BCUT2D eigenvalue weighted by Crippen LogP contribution is -2.43. The van der Waals surface area contributed by atoms with Crippen molar-refractivity contribution in [3.8, 4) is 0 Å². The first kappa shape index (κ1) is 13.5. The lowest BCUT2D eigenvalue weighted by Gasteiger charge is -2.15. The van der Waals surface area contributed by atoms with Gasteiger partial charge in [0.25, 0.3) is 5.91 Å². The minimum Gasteiger partial charge on any atom is -0.494 e. The molecule has 1 aliphatic heterocycles. The number of hydrogen-bond acceptors (Lipinski definition) is 4. The molecule has 0 aliphatic carbocycles. The van der Waals surface area contributed by atoms with Gasteiger partial charge in [-0.1, -0.05) is 0 Å². The highest BCUT2D eigenvalue weighted by Crippen LogP contribution is 2.13. The van der Waals surface area contributed by atoms with Crippen molar-refractivity contribution in [2.45, 2.75) is 0 Å². The van der Waals surface area contributed by atoms with E-state index in [-0.39, 0.29) is 5.76 Å². The Morgan fingerprint density at radius 1 is 1.32 bits per heavy atom. The largest absolute Gasteiger partial charge is 0.494 e. The standard InChI is InChI=1S/C11H12BrN3O4/c1-15-5-7(12)4-8(15)10(16)13-14-11(17)9-6-18-2-3-19-9/h4-6H,2-3H2,1H3,(H,13,16)(H,14,17). The van der Waals surface area contributed by atoms with Gasteiger partial charge in [0.1, 0.15) is 25.2 Å². The molecule has 0 fully saturated rings. The summed E-state index contributed by atoms with van der Waals surface area (Å²) in [4.78, 5) is 23.4. The van der Waals surface area contributed by atoms with Crippen molar-refractivity contribution >= 4 is 27.7 Å². The third-order valence-corrected chi connectivity index (χ3v) is 2.80. The van der Waals surface area contributed by atoms with E-state index in [0.29, 0.717) is 18.9 Å². The van der Waals surface area contributed by atoms with E-state index in [0.717, 1.165) is 4.47 Å². The van der Waals surface area contributed by atoms with Gasteiger partial charge in [0.2, 0.25) is 5.76 Å². The van der Waals surface area contributed by atoms with Crippen molar-refractivity contribution < 1.29 is 19.1 Å². The van der Waals surface area contributed by atoms with Crippen LogP contribution in [0.5, 0.6) is 0 Å². The van der Waals surface area contributed by atoms with Gasteiger partial charge in [0.05, 0.1) is 0 Å². The number of hydrogen-bond donors (Lipinski definition) is 2. The zero-order chi connectivity index (χ0) is 13.8. The number of nitrogens with one attached hydrogen (secondary N) is 2. The summed E-state index contributed by atoms with van der Waals surface area (Å²) in [5.41, 5.74) is 4.94. The first-order valence-corrected chi connectivity index (χ1v) is 6.24. The molecular formula is C11H12BrN3O4. The highest BCUT2D eigenvalue weighted by atomic mass is 79.9. The van der Waals surface area contributed by atoms with Crippen molar-refractivity contribution in [1.29, 1.82) is 0 Å². The van der Waals surface area contributed by atoms with Crippen molar-refractivity contribution in [3.05, 3.63) is 34.5 Å². The molecule has 0 radical (unpaired) electrons. The number of nitrogens with zero attached hydrogens (tertiary/aromatic N) is 1. The molecule has 0 saturated heterocycles. The Labute approximate surface area is 117 Å². The van der Waals surface area contributed by atoms with Crippen LogP contribution in [0.15, 0.2) is 28.8 Å². The fraction of sp³-hybridized carbons (Fsp3) is 0.273. The average molecular weight is 330 g/mol. The summed E-state index contributed by atoms with van der Waals surface area (Å²) >= 11 is 3.26. The van der Waals surface area contributed by atoms with E-state index in [1.165, 1.54) is 6.26 Å². The lowest BCUT2D eigenvalue weighted by atomic mass is 10.4. The number of aromatic nitrogens is 1. The molecule has 2 N–H and O–H groups in total. The van der Waals surface area contributed by atoms with E-state index in [2.05, 4.69) is 26.8 Å². The Balaban J connectivity index is 1.92. The molecule has 2 amide bonds. The first-order chi connectivity index (χ1) is 9.08. The molecule has 1 aromatic heterocycles. The molecule has 8 heteroatoms. The molecule has 1 aromatic rings. The van der Waals surface area contributed by atoms with Gasteiger partial charge in [0, 0.05) is 17.7 Å². The molecule has 19 heavy (non-hydrogen) atoms. The number of amides is 2. The van der Waals surface area contributed by atoms with Gasteiger partial charge in [-0.25, -0.2) is 0 Å². The van der Waals surface area contributed by atoms with Gasteiger partial charge in [-0.3, -0.25) is 20.4 Å². The van der Waals surface area contributed by atoms with Crippen molar-refractivity contribution in [1.82, 2.24) is 15.4 Å². The van der Waals surface area contributed by atoms with E-state index in [9.17, 15) is 9.59 Å². The van der Waals surface area contributed by atoms with E-state index in [1.54, 1.807) is 23.9 Å². The van der Waals surface area contributed by atoms with Crippen LogP contribution in [-0.4, -0.2) is 29.6 Å². The maximum Gasteiger partial charge on any atom is 0.308 e. The lowest BCUT2D eigenvalue weighted by molar-refractivity contribution is -0.123. The summed E-state index contributed by atoms with van der Waals surface area (Å²) in [5, 5.41) is 0. The van der Waals surface area contributed by atoms with Crippen molar-refractivity contribution in [3.63, 3.8) is 0 Å². The maximum absolute atomic E-state index is 11.8. The Morgan fingerprint density at radius 2 is 2.05 bits per heavy atom. The number of hydrazine groups is 1. The smallest absolute Gasteiger partial charge is 0.308 e. The van der Waals surface area contributed by atoms with Gasteiger partial charge >= 0.3 is 5.91 Å². The molecule has 0 bridgehead atoms. The molecule has 102 valence electrons. The van der Waals surface area contributed by atoms with Crippen LogP contribution in [0.4, 0.5) is 0 Å². The van der Waals surface area contributed by atoms with Gasteiger partial charge < -0.3 is 14.0 Å². The maximum atomic E-state index is 11.8. The van der Waals surface area contributed by atoms with E-state index < -0.39 is 11.8 Å². The van der Waals surface area contributed by atoms with E-state index >= 15 is 0 Å². The number of carbonyl (C=O) groups is 2. The third kappa shape index (κ3) is 3.28. The normalized spacial score (nSPS) is 13.9. The third-order valence-electron chi connectivity index (χ3n) is 2.37. The van der Waals surface area contributed by atoms with Gasteiger partial charge in [-0.2, -0.15) is 0 Å². The molecule has 2 rings (SSSR count). The summed E-state index contributed by atoms with van der Waals surface area (Å²) in [7, 11) is 1.72. The van der Waals surface area contributed by atoms with Crippen LogP contribution >= 0.6 is 15.9 Å². The fourth-order valence-corrected chi connectivity index (χ4v) is 2.00. The molecule has 7 nitrogen and oxygen atoms in total. The molecule has 0 spiro atoms. The Hall–Kier alpha value is -1.96. The minimum atomic E-state index is -0.568. The minimum absolute atomic E-state index is 0.0274. The molecule has 0 saturated carbocycles. The predicted octanol–water partition coefficient (Wildman–Crippen LogP) is 0.437. The van der Waals surface area contributed by atoms with Gasteiger partial charge in [-0.15, -0.1) is 0 Å². The second kappa shape index (κ2) is 5.79. The quantitative estimate of drug-likeness (QED) is 0.771. The van der Waals surface area contributed by atoms with Crippen LogP contribution in [-0.2, 0) is 21.3 Å². The number of aryl methyl sites for hydroxylation is 1. The van der Waals surface area contributed by atoms with Crippen molar-refractivity contribution in [2.75, 3.05) is 13.2 Å². The zero-order valence-electron chi connectivity index (χ0n) is 10.1. The number of ether oxygens (including phenoxy) is 2. The SMILES string of the molecule is Cn1cc(Br)cc1C(=O)NNC(=O)C1=COCCO1.